The molecular weight excluding hydrogens is 735 g/mol. The van der Waals surface area contributed by atoms with Gasteiger partial charge in [-0.2, -0.15) is 5.26 Å². The first-order chi connectivity index (χ1) is 29.7. The number of nitriles is 1. The van der Waals surface area contributed by atoms with Crippen LogP contribution < -0.4 is 4.74 Å². The Labute approximate surface area is 344 Å². The Morgan fingerprint density at radius 3 is 1.68 bits per heavy atom. The topological polar surface area (TPSA) is 68.7 Å². The van der Waals surface area contributed by atoms with Crippen molar-refractivity contribution in [3.8, 4) is 51.5 Å². The number of fused-ring (bicyclic) bond motifs is 15. The van der Waals surface area contributed by atoms with Gasteiger partial charge in [0.05, 0.1) is 50.5 Å². The van der Waals surface area contributed by atoms with E-state index in [0.29, 0.717) is 5.56 Å². The maximum Gasteiger partial charge on any atom is 0.132 e. The Balaban J connectivity index is 1.08. The maximum atomic E-state index is 9.93. The molecule has 0 unspecified atom stereocenters. The van der Waals surface area contributed by atoms with Gasteiger partial charge in [-0.3, -0.25) is 9.97 Å². The largest absolute Gasteiger partial charge is 0.457 e. The van der Waals surface area contributed by atoms with Crippen molar-refractivity contribution in [3.63, 3.8) is 0 Å². The summed E-state index contributed by atoms with van der Waals surface area (Å²) in [6.45, 7) is 0. The predicted octanol–water partition coefficient (Wildman–Crippen LogP) is 12.7. The fourth-order valence-corrected chi connectivity index (χ4v) is 10.2. The van der Waals surface area contributed by atoms with E-state index in [1.807, 2.05) is 42.7 Å². The minimum Gasteiger partial charge on any atom is -0.457 e. The van der Waals surface area contributed by atoms with Crippen LogP contribution in [0.25, 0.3) is 77.5 Å². The molecule has 7 aromatic carbocycles. The van der Waals surface area contributed by atoms with Gasteiger partial charge >= 0.3 is 0 Å². The number of nitrogens with zero attached hydrogens (tertiary/aromatic N) is 5. The molecule has 0 fully saturated rings. The highest BCUT2D eigenvalue weighted by Crippen LogP contribution is 2.62. The van der Waals surface area contributed by atoms with Crippen LogP contribution in [0.1, 0.15) is 27.8 Å². The zero-order valence-corrected chi connectivity index (χ0v) is 32.0. The van der Waals surface area contributed by atoms with Crippen LogP contribution in [-0.4, -0.2) is 19.1 Å². The molecule has 1 spiro atoms. The highest BCUT2D eigenvalue weighted by molar-refractivity contribution is 6.11. The number of rotatable bonds is 3. The van der Waals surface area contributed by atoms with Crippen LogP contribution in [0.5, 0.6) is 11.5 Å². The molecular formula is C54H31N5O. The van der Waals surface area contributed by atoms with Gasteiger partial charge in [-0.15, -0.1) is 0 Å². The van der Waals surface area contributed by atoms with Gasteiger partial charge < -0.3 is 13.9 Å². The van der Waals surface area contributed by atoms with E-state index < -0.39 is 5.41 Å². The third-order valence-electron chi connectivity index (χ3n) is 12.7. The summed E-state index contributed by atoms with van der Waals surface area (Å²) in [5, 5.41) is 14.5. The number of ether oxygens (including phenoxy) is 1. The van der Waals surface area contributed by atoms with Crippen LogP contribution in [0.4, 0.5) is 0 Å². The molecule has 0 bridgehead atoms. The van der Waals surface area contributed by atoms with Crippen LogP contribution in [0, 0.1) is 11.3 Å². The van der Waals surface area contributed by atoms with Gasteiger partial charge in [0, 0.05) is 56.4 Å². The van der Waals surface area contributed by atoms with Crippen molar-refractivity contribution in [3.05, 3.63) is 216 Å². The first-order valence-electron chi connectivity index (χ1n) is 20.1. The summed E-state index contributed by atoms with van der Waals surface area (Å²) in [5.41, 5.74) is 14.5. The van der Waals surface area contributed by atoms with Crippen molar-refractivity contribution in [2.75, 3.05) is 0 Å². The SMILES string of the molecule is N#Cc1ccc2c(c1)c1cc(-c3ccc4c(c3)C3(c5cc(-n6c7ccccc7c7ccccc76)ccc5O4)c4cccnc4-c4ncccc43)ccc1n2-c1ccccc1. The van der Waals surface area contributed by atoms with Gasteiger partial charge in [-0.1, -0.05) is 78.9 Å². The van der Waals surface area contributed by atoms with Crippen molar-refractivity contribution >= 4 is 43.6 Å². The molecule has 0 radical (unpaired) electrons. The summed E-state index contributed by atoms with van der Waals surface area (Å²) in [6, 6.07) is 64.3. The summed E-state index contributed by atoms with van der Waals surface area (Å²) in [4.78, 5) is 10.0. The van der Waals surface area contributed by atoms with Crippen LogP contribution in [0.15, 0.2) is 188 Å². The quantitative estimate of drug-likeness (QED) is 0.180. The lowest BCUT2D eigenvalue weighted by Crippen LogP contribution is -2.32. The molecule has 5 heterocycles. The molecule has 2 aliphatic rings. The Morgan fingerprint density at radius 1 is 0.433 bits per heavy atom. The van der Waals surface area contributed by atoms with Gasteiger partial charge in [0.2, 0.25) is 0 Å². The maximum absolute atomic E-state index is 9.93. The predicted molar refractivity (Wildman–Crippen MR) is 238 cm³/mol. The Kier molecular flexibility index (Phi) is 6.62. The second kappa shape index (κ2) is 12.1. The number of hydrogen-bond donors (Lipinski definition) is 0. The molecule has 60 heavy (non-hydrogen) atoms. The second-order valence-corrected chi connectivity index (χ2v) is 15.7. The van der Waals surface area contributed by atoms with Crippen LogP contribution >= 0.6 is 0 Å². The highest BCUT2D eigenvalue weighted by atomic mass is 16.5. The van der Waals surface area contributed by atoms with Gasteiger partial charge in [0.25, 0.3) is 0 Å². The fraction of sp³-hybridized carbons (Fsp3) is 0.0185. The Bertz CT molecular complexity index is 3570. The molecule has 0 saturated heterocycles. The molecule has 6 nitrogen and oxygen atoms in total. The summed E-state index contributed by atoms with van der Waals surface area (Å²) in [5.74, 6) is 1.59. The van der Waals surface area contributed by atoms with E-state index in [1.54, 1.807) is 0 Å². The van der Waals surface area contributed by atoms with E-state index in [0.717, 1.165) is 100 Å². The van der Waals surface area contributed by atoms with Crippen molar-refractivity contribution in [1.29, 1.82) is 5.26 Å². The van der Waals surface area contributed by atoms with Gasteiger partial charge in [0.15, 0.2) is 0 Å². The van der Waals surface area contributed by atoms with Crippen molar-refractivity contribution in [2.24, 2.45) is 0 Å². The van der Waals surface area contributed by atoms with Crippen molar-refractivity contribution in [2.45, 2.75) is 5.41 Å². The molecule has 278 valence electrons. The zero-order chi connectivity index (χ0) is 39.5. The average molecular weight is 766 g/mol. The lowest BCUT2D eigenvalue weighted by Gasteiger charge is -2.39. The van der Waals surface area contributed by atoms with Crippen molar-refractivity contribution < 1.29 is 4.74 Å². The van der Waals surface area contributed by atoms with E-state index in [4.69, 9.17) is 14.7 Å². The number of aromatic nitrogens is 4. The minimum absolute atomic E-state index is 0.632. The molecule has 1 aliphatic carbocycles. The summed E-state index contributed by atoms with van der Waals surface area (Å²) in [7, 11) is 0. The highest BCUT2D eigenvalue weighted by Gasteiger charge is 2.52. The number of hydrogen-bond acceptors (Lipinski definition) is 4. The lowest BCUT2D eigenvalue weighted by molar-refractivity contribution is 0.436. The van der Waals surface area contributed by atoms with E-state index in [9.17, 15) is 5.26 Å². The Morgan fingerprint density at radius 2 is 0.983 bits per heavy atom. The minimum atomic E-state index is -0.782. The van der Waals surface area contributed by atoms with Crippen molar-refractivity contribution in [1.82, 2.24) is 19.1 Å². The second-order valence-electron chi connectivity index (χ2n) is 15.7. The zero-order valence-electron chi connectivity index (χ0n) is 32.0. The van der Waals surface area contributed by atoms with Gasteiger partial charge in [0.1, 0.15) is 11.5 Å². The van der Waals surface area contributed by atoms with Crippen LogP contribution in [0.3, 0.4) is 0 Å². The lowest BCUT2D eigenvalue weighted by atomic mass is 9.66. The van der Waals surface area contributed by atoms with E-state index in [-0.39, 0.29) is 0 Å². The third kappa shape index (κ3) is 4.30. The standard InChI is InChI=1S/C54H31N5O/c55-32-33-18-22-48-40(28-33)41-29-34(19-23-49(41)58(48)36-10-2-1-3-11-36)35-20-24-50-44(30-35)54(42-14-8-26-56-52(42)53-43(54)15-9-27-57-53)45-31-37(21-25-51(45)60-50)59-46-16-6-4-12-38(46)39-13-5-7-17-47(39)59/h1-31H. The smallest absolute Gasteiger partial charge is 0.132 e. The molecule has 13 rings (SSSR count). The molecule has 0 amide bonds. The molecule has 1 aliphatic heterocycles. The van der Waals surface area contributed by atoms with Gasteiger partial charge in [-0.05, 0) is 119 Å². The third-order valence-corrected chi connectivity index (χ3v) is 12.7. The molecule has 6 heteroatoms. The first kappa shape index (κ1) is 32.8. The Hall–Kier alpha value is -8.27. The number of pyridine rings is 2. The van der Waals surface area contributed by atoms with E-state index in [2.05, 4.69) is 161 Å². The van der Waals surface area contributed by atoms with Gasteiger partial charge in [-0.25, -0.2) is 0 Å². The summed E-state index contributed by atoms with van der Waals surface area (Å²) in [6.07, 6.45) is 3.72. The fourth-order valence-electron chi connectivity index (χ4n) is 10.2. The first-order valence-corrected chi connectivity index (χ1v) is 20.1. The summed E-state index contributed by atoms with van der Waals surface area (Å²) >= 11 is 0. The molecule has 11 aromatic rings. The molecule has 4 aromatic heterocycles. The van der Waals surface area contributed by atoms with Crippen LogP contribution in [-0.2, 0) is 5.41 Å². The van der Waals surface area contributed by atoms with Crippen LogP contribution in [0.2, 0.25) is 0 Å². The molecule has 0 atom stereocenters. The monoisotopic (exact) mass is 765 g/mol. The normalized spacial score (nSPS) is 13.2. The number of benzene rings is 7. The average Bonchev–Trinajstić information content (AvgIpc) is 3.93. The van der Waals surface area contributed by atoms with E-state index in [1.165, 1.54) is 10.8 Å². The molecule has 0 N–H and O–H groups in total. The molecule has 0 saturated carbocycles. The van der Waals surface area contributed by atoms with E-state index >= 15 is 0 Å². The summed E-state index contributed by atoms with van der Waals surface area (Å²) < 4.78 is 11.6. The number of para-hydroxylation sites is 3.